The van der Waals surface area contributed by atoms with Crippen LogP contribution in [0, 0.1) is 5.92 Å². The van der Waals surface area contributed by atoms with Gasteiger partial charge in [0.05, 0.1) is 13.7 Å². The largest absolute Gasteiger partial charge is 0.497 e. The first-order chi connectivity index (χ1) is 13.4. The zero-order chi connectivity index (χ0) is 20.3. The van der Waals surface area contributed by atoms with E-state index in [1.807, 2.05) is 31.2 Å². The van der Waals surface area contributed by atoms with E-state index in [9.17, 15) is 14.7 Å². The van der Waals surface area contributed by atoms with Crippen LogP contribution in [0.4, 0.5) is 0 Å². The minimum absolute atomic E-state index is 0.0455. The number of carbonyl (C=O) groups excluding carboxylic acids is 1. The molecule has 0 aliphatic carbocycles. The molecule has 1 aromatic carbocycles. The molecule has 7 nitrogen and oxygen atoms in total. The minimum atomic E-state index is -1.05. The Morgan fingerprint density at radius 1 is 1.29 bits per heavy atom. The number of carboxylic acid groups (broad SMARTS) is 1. The van der Waals surface area contributed by atoms with Gasteiger partial charge in [0.15, 0.2) is 5.69 Å². The van der Waals surface area contributed by atoms with Gasteiger partial charge in [0.1, 0.15) is 5.75 Å². The highest BCUT2D eigenvalue weighted by Crippen LogP contribution is 2.26. The van der Waals surface area contributed by atoms with E-state index in [0.29, 0.717) is 31.6 Å². The van der Waals surface area contributed by atoms with Crippen LogP contribution >= 0.6 is 0 Å². The van der Waals surface area contributed by atoms with Gasteiger partial charge in [0.25, 0.3) is 0 Å². The van der Waals surface area contributed by atoms with E-state index in [1.54, 1.807) is 16.7 Å². The predicted octanol–water partition coefficient (Wildman–Crippen LogP) is 2.96. The number of benzene rings is 1. The number of nitrogens with zero attached hydrogens (tertiary/aromatic N) is 3. The number of carboxylic acids is 1. The van der Waals surface area contributed by atoms with Crippen LogP contribution in [0.25, 0.3) is 0 Å². The molecule has 0 saturated heterocycles. The maximum atomic E-state index is 12.7. The molecule has 28 heavy (non-hydrogen) atoms. The van der Waals surface area contributed by atoms with Crippen molar-refractivity contribution in [3.05, 3.63) is 46.8 Å². The summed E-state index contributed by atoms with van der Waals surface area (Å²) in [7, 11) is 1.62. The molecule has 1 aromatic heterocycles. The van der Waals surface area contributed by atoms with Crippen molar-refractivity contribution in [3.63, 3.8) is 0 Å². The topological polar surface area (TPSA) is 84.7 Å². The average molecular weight is 385 g/mol. The Bertz CT molecular complexity index is 857. The molecule has 0 saturated carbocycles. The Morgan fingerprint density at radius 3 is 2.61 bits per heavy atom. The maximum Gasteiger partial charge on any atom is 0.356 e. The van der Waals surface area contributed by atoms with Crippen molar-refractivity contribution in [2.45, 2.75) is 46.2 Å². The first kappa shape index (κ1) is 19.9. The number of amides is 1. The fourth-order valence-corrected chi connectivity index (χ4v) is 3.75. The van der Waals surface area contributed by atoms with Gasteiger partial charge in [-0.1, -0.05) is 32.4 Å². The van der Waals surface area contributed by atoms with Crippen molar-refractivity contribution in [2.24, 2.45) is 5.92 Å². The van der Waals surface area contributed by atoms with Crippen molar-refractivity contribution in [1.29, 1.82) is 0 Å². The second-order valence-corrected chi connectivity index (χ2v) is 7.28. The number of rotatable bonds is 7. The maximum absolute atomic E-state index is 12.7. The van der Waals surface area contributed by atoms with Crippen LogP contribution < -0.4 is 4.74 Å². The molecule has 0 unspecified atom stereocenters. The summed E-state index contributed by atoms with van der Waals surface area (Å²) in [4.78, 5) is 26.2. The molecule has 2 aromatic rings. The van der Waals surface area contributed by atoms with Gasteiger partial charge in [-0.05, 0) is 24.1 Å². The van der Waals surface area contributed by atoms with E-state index in [1.165, 1.54) is 0 Å². The van der Waals surface area contributed by atoms with Gasteiger partial charge in [-0.2, -0.15) is 5.10 Å². The molecule has 1 amide bonds. The smallest absolute Gasteiger partial charge is 0.356 e. The molecule has 0 fully saturated rings. The highest BCUT2D eigenvalue weighted by Gasteiger charge is 2.31. The third kappa shape index (κ3) is 4.03. The molecule has 0 bridgehead atoms. The Hall–Kier alpha value is -2.83. The van der Waals surface area contributed by atoms with Crippen molar-refractivity contribution >= 4 is 11.9 Å². The third-order valence-corrected chi connectivity index (χ3v) is 5.28. The lowest BCUT2D eigenvalue weighted by atomic mass is 10.00. The fourth-order valence-electron chi connectivity index (χ4n) is 3.75. The van der Waals surface area contributed by atoms with E-state index in [-0.39, 0.29) is 17.5 Å². The van der Waals surface area contributed by atoms with Crippen molar-refractivity contribution in [3.8, 4) is 5.75 Å². The SMILES string of the molecule is CCC[C@H](C)C(=O)N1CCc2c(c(C(=O)O)nn2Cc2ccc(OC)cc2)C1. The average Bonchev–Trinajstić information content (AvgIpc) is 3.06. The molecule has 1 N–H and O–H groups in total. The lowest BCUT2D eigenvalue weighted by Crippen LogP contribution is -2.39. The molecular formula is C21H27N3O4. The van der Waals surface area contributed by atoms with Crippen molar-refractivity contribution < 1.29 is 19.4 Å². The summed E-state index contributed by atoms with van der Waals surface area (Å²) >= 11 is 0. The van der Waals surface area contributed by atoms with Crippen LogP contribution in [-0.4, -0.2) is 45.3 Å². The Morgan fingerprint density at radius 2 is 2.00 bits per heavy atom. The van der Waals surface area contributed by atoms with Gasteiger partial charge in [-0.3, -0.25) is 9.48 Å². The molecule has 1 aliphatic heterocycles. The summed E-state index contributed by atoms with van der Waals surface area (Å²) in [6.07, 6.45) is 2.40. The van der Waals surface area contributed by atoms with Gasteiger partial charge in [0, 0.05) is 36.7 Å². The summed E-state index contributed by atoms with van der Waals surface area (Å²) in [6.45, 7) is 5.38. The molecule has 1 atom stereocenters. The van der Waals surface area contributed by atoms with Gasteiger partial charge in [-0.25, -0.2) is 4.79 Å². The lowest BCUT2D eigenvalue weighted by molar-refractivity contribution is -0.136. The normalized spacial score (nSPS) is 14.5. The fraction of sp³-hybridized carbons (Fsp3) is 0.476. The number of fused-ring (bicyclic) bond motifs is 1. The van der Waals surface area contributed by atoms with Crippen molar-refractivity contribution in [1.82, 2.24) is 14.7 Å². The number of aromatic nitrogens is 2. The summed E-state index contributed by atoms with van der Waals surface area (Å²) in [5.41, 5.74) is 2.62. The van der Waals surface area contributed by atoms with Crippen molar-refractivity contribution in [2.75, 3.05) is 13.7 Å². The van der Waals surface area contributed by atoms with Gasteiger partial charge in [0.2, 0.25) is 5.91 Å². The highest BCUT2D eigenvalue weighted by molar-refractivity contribution is 5.88. The van der Waals surface area contributed by atoms with Gasteiger partial charge >= 0.3 is 5.97 Å². The Kier molecular flexibility index (Phi) is 6.02. The molecule has 1 aliphatic rings. The van der Waals surface area contributed by atoms with Gasteiger partial charge in [-0.15, -0.1) is 0 Å². The summed E-state index contributed by atoms with van der Waals surface area (Å²) in [5.74, 6) is -0.241. The first-order valence-electron chi connectivity index (χ1n) is 9.68. The second-order valence-electron chi connectivity index (χ2n) is 7.28. The molecule has 0 radical (unpaired) electrons. The molecule has 150 valence electrons. The zero-order valence-electron chi connectivity index (χ0n) is 16.6. The van der Waals surface area contributed by atoms with Gasteiger partial charge < -0.3 is 14.7 Å². The molecular weight excluding hydrogens is 358 g/mol. The van der Waals surface area contributed by atoms with Crippen LogP contribution in [0.15, 0.2) is 24.3 Å². The number of aromatic carboxylic acids is 1. The molecule has 7 heteroatoms. The van der Waals surface area contributed by atoms with E-state index in [4.69, 9.17) is 4.74 Å². The summed E-state index contributed by atoms with van der Waals surface area (Å²) < 4.78 is 6.94. The van der Waals surface area contributed by atoms with Crippen LogP contribution in [0.5, 0.6) is 5.75 Å². The number of hydrogen-bond donors (Lipinski definition) is 1. The number of hydrogen-bond acceptors (Lipinski definition) is 4. The standard InChI is InChI=1S/C21H27N3O4/c1-4-5-14(2)20(25)23-11-10-18-17(13-23)19(21(26)27)22-24(18)12-15-6-8-16(28-3)9-7-15/h6-9,14H,4-5,10-13H2,1-3H3,(H,26,27)/t14-/m0/s1. The van der Waals surface area contributed by atoms with Crippen LogP contribution in [0.3, 0.4) is 0 Å². The van der Waals surface area contributed by atoms with Crippen LogP contribution in [-0.2, 0) is 24.3 Å². The highest BCUT2D eigenvalue weighted by atomic mass is 16.5. The predicted molar refractivity (Wildman–Crippen MR) is 104 cm³/mol. The van der Waals surface area contributed by atoms with E-state index in [0.717, 1.165) is 29.8 Å². The second kappa shape index (κ2) is 8.46. The van der Waals surface area contributed by atoms with Crippen LogP contribution in [0.2, 0.25) is 0 Å². The monoisotopic (exact) mass is 385 g/mol. The minimum Gasteiger partial charge on any atom is -0.497 e. The lowest BCUT2D eigenvalue weighted by Gasteiger charge is -2.30. The van der Waals surface area contributed by atoms with E-state index < -0.39 is 5.97 Å². The molecule has 0 spiro atoms. The Balaban J connectivity index is 1.85. The number of carbonyl (C=O) groups is 2. The summed E-state index contributed by atoms with van der Waals surface area (Å²) in [5, 5.41) is 14.0. The van der Waals surface area contributed by atoms with Crippen LogP contribution in [0.1, 0.15) is 54.0 Å². The molecule has 2 heterocycles. The van der Waals surface area contributed by atoms with E-state index >= 15 is 0 Å². The molecule has 3 rings (SSSR count). The zero-order valence-corrected chi connectivity index (χ0v) is 16.6. The first-order valence-corrected chi connectivity index (χ1v) is 9.68. The third-order valence-electron chi connectivity index (χ3n) is 5.28. The quantitative estimate of drug-likeness (QED) is 0.792. The summed E-state index contributed by atoms with van der Waals surface area (Å²) in [6, 6.07) is 7.63. The Labute approximate surface area is 164 Å². The number of methoxy groups -OCH3 is 1. The van der Waals surface area contributed by atoms with E-state index in [2.05, 4.69) is 12.0 Å². The number of ether oxygens (including phenoxy) is 1.